The standard InChI is InChI=1S/C20H23FN4O4S/c1-20(2,19(22)23)30(27,28)11-12-7-8-29-17-6-4-14(9-15(12)17)25-18(26)16-5-3-13(21)10-24-16/h3-6,9-10,12H,7-8,11H2,1-2H3,(H3,22,23)(H,25,26). The smallest absolute Gasteiger partial charge is 0.274 e. The van der Waals surface area contributed by atoms with Crippen LogP contribution in [0.15, 0.2) is 36.5 Å². The lowest BCUT2D eigenvalue weighted by Gasteiger charge is -2.30. The summed E-state index contributed by atoms with van der Waals surface area (Å²) in [6.07, 6.45) is 1.42. The number of hydrogen-bond donors (Lipinski definition) is 3. The van der Waals surface area contributed by atoms with Crippen LogP contribution < -0.4 is 15.8 Å². The Bertz CT molecular complexity index is 1080. The van der Waals surface area contributed by atoms with E-state index in [2.05, 4.69) is 10.3 Å². The number of amidine groups is 1. The molecule has 2 heterocycles. The number of nitrogens with zero attached hydrogens (tertiary/aromatic N) is 1. The molecule has 0 radical (unpaired) electrons. The first-order valence-corrected chi connectivity index (χ1v) is 10.9. The van der Waals surface area contributed by atoms with Crippen molar-refractivity contribution in [1.82, 2.24) is 4.98 Å². The highest BCUT2D eigenvalue weighted by molar-refractivity contribution is 7.93. The molecule has 0 fully saturated rings. The van der Waals surface area contributed by atoms with Crippen LogP contribution >= 0.6 is 0 Å². The summed E-state index contributed by atoms with van der Waals surface area (Å²) in [5.41, 5.74) is 6.63. The molecule has 4 N–H and O–H groups in total. The van der Waals surface area contributed by atoms with Gasteiger partial charge in [-0.3, -0.25) is 10.2 Å². The first-order chi connectivity index (χ1) is 14.0. The highest BCUT2D eigenvalue weighted by atomic mass is 32.2. The Hall–Kier alpha value is -3.01. The summed E-state index contributed by atoms with van der Waals surface area (Å²) in [4.78, 5) is 16.1. The number of fused-ring (bicyclic) bond motifs is 1. The largest absolute Gasteiger partial charge is 0.493 e. The van der Waals surface area contributed by atoms with Gasteiger partial charge in [0, 0.05) is 17.2 Å². The van der Waals surface area contributed by atoms with E-state index < -0.39 is 32.1 Å². The maximum Gasteiger partial charge on any atom is 0.274 e. The normalized spacial score (nSPS) is 16.3. The molecule has 0 saturated heterocycles. The van der Waals surface area contributed by atoms with E-state index >= 15 is 0 Å². The molecule has 1 amide bonds. The average Bonchev–Trinajstić information content (AvgIpc) is 2.68. The lowest BCUT2D eigenvalue weighted by molar-refractivity contribution is 0.102. The van der Waals surface area contributed by atoms with Gasteiger partial charge in [0.25, 0.3) is 5.91 Å². The van der Waals surface area contributed by atoms with Crippen molar-refractivity contribution >= 4 is 27.3 Å². The number of ether oxygens (including phenoxy) is 1. The van der Waals surface area contributed by atoms with Crippen molar-refractivity contribution in [3.63, 3.8) is 0 Å². The summed E-state index contributed by atoms with van der Waals surface area (Å²) < 4.78 is 42.9. The molecule has 160 valence electrons. The summed E-state index contributed by atoms with van der Waals surface area (Å²) in [5, 5.41) is 10.3. The number of carbonyl (C=O) groups is 1. The van der Waals surface area contributed by atoms with Gasteiger partial charge in [0.05, 0.1) is 18.6 Å². The molecule has 0 saturated carbocycles. The Kier molecular flexibility index (Phi) is 5.80. The minimum absolute atomic E-state index is 0.0488. The van der Waals surface area contributed by atoms with Crippen molar-refractivity contribution in [1.29, 1.82) is 5.41 Å². The molecule has 1 atom stereocenters. The topological polar surface area (TPSA) is 135 Å². The second-order valence-corrected chi connectivity index (χ2v) is 10.2. The van der Waals surface area contributed by atoms with Gasteiger partial charge in [0.2, 0.25) is 0 Å². The van der Waals surface area contributed by atoms with Crippen molar-refractivity contribution in [3.05, 3.63) is 53.6 Å². The molecule has 1 aromatic heterocycles. The van der Waals surface area contributed by atoms with Crippen molar-refractivity contribution in [2.45, 2.75) is 30.9 Å². The van der Waals surface area contributed by atoms with Gasteiger partial charge in [-0.05, 0) is 50.6 Å². The molecule has 1 aliphatic rings. The van der Waals surface area contributed by atoms with Crippen LogP contribution in [-0.4, -0.2) is 42.3 Å². The van der Waals surface area contributed by atoms with Gasteiger partial charge in [-0.25, -0.2) is 17.8 Å². The van der Waals surface area contributed by atoms with E-state index in [0.29, 0.717) is 30.0 Å². The molecule has 0 spiro atoms. The Morgan fingerprint density at radius 3 is 2.73 bits per heavy atom. The zero-order valence-electron chi connectivity index (χ0n) is 16.6. The van der Waals surface area contributed by atoms with Gasteiger partial charge in [-0.1, -0.05) is 0 Å². The number of anilines is 1. The Morgan fingerprint density at radius 2 is 2.10 bits per heavy atom. The lowest BCUT2D eigenvalue weighted by Crippen LogP contribution is -2.47. The number of rotatable bonds is 6. The van der Waals surface area contributed by atoms with E-state index in [1.54, 1.807) is 18.2 Å². The first-order valence-electron chi connectivity index (χ1n) is 9.28. The fraction of sp³-hybridized carbons (Fsp3) is 0.350. The van der Waals surface area contributed by atoms with Crippen molar-refractivity contribution < 1.29 is 22.3 Å². The number of sulfone groups is 1. The zero-order valence-corrected chi connectivity index (χ0v) is 17.4. The maximum absolute atomic E-state index is 13.0. The summed E-state index contributed by atoms with van der Waals surface area (Å²) in [5.74, 6) is -1.52. The molecular formula is C20H23FN4O4S. The van der Waals surface area contributed by atoms with Crippen molar-refractivity contribution in [2.75, 3.05) is 17.7 Å². The Balaban J connectivity index is 1.85. The fourth-order valence-corrected chi connectivity index (χ4v) is 4.69. The SMILES string of the molecule is CC(C)(C(=N)N)S(=O)(=O)CC1CCOc2ccc(NC(=O)c3ccc(F)cn3)cc21. The minimum Gasteiger partial charge on any atom is -0.493 e. The third-order valence-electron chi connectivity index (χ3n) is 5.24. The molecule has 1 unspecified atom stereocenters. The molecule has 2 aromatic rings. The number of nitrogens with two attached hydrogens (primary N) is 1. The molecule has 1 aromatic carbocycles. The number of amides is 1. The van der Waals surface area contributed by atoms with E-state index in [1.165, 1.54) is 19.9 Å². The predicted molar refractivity (Wildman–Crippen MR) is 111 cm³/mol. The van der Waals surface area contributed by atoms with E-state index in [9.17, 15) is 17.6 Å². The predicted octanol–water partition coefficient (Wildman–Crippen LogP) is 2.47. The van der Waals surface area contributed by atoms with Crippen LogP contribution in [0.3, 0.4) is 0 Å². The Morgan fingerprint density at radius 1 is 1.37 bits per heavy atom. The van der Waals surface area contributed by atoms with Crippen molar-refractivity contribution in [2.24, 2.45) is 5.73 Å². The number of pyridine rings is 1. The molecule has 3 rings (SSSR count). The lowest BCUT2D eigenvalue weighted by atomic mass is 9.94. The summed E-state index contributed by atoms with van der Waals surface area (Å²) in [7, 11) is -3.72. The van der Waals surface area contributed by atoms with Crippen LogP contribution in [0.5, 0.6) is 5.75 Å². The first kappa shape index (κ1) is 21.7. The van der Waals surface area contributed by atoms with Crippen LogP contribution in [-0.2, 0) is 9.84 Å². The van der Waals surface area contributed by atoms with Gasteiger partial charge in [-0.15, -0.1) is 0 Å². The van der Waals surface area contributed by atoms with Crippen molar-refractivity contribution in [3.8, 4) is 5.75 Å². The molecule has 1 aliphatic heterocycles. The van der Waals surface area contributed by atoms with E-state index in [1.807, 2.05) is 0 Å². The number of aromatic nitrogens is 1. The molecule has 10 heteroatoms. The number of hydrogen-bond acceptors (Lipinski definition) is 6. The number of benzene rings is 1. The van der Waals surface area contributed by atoms with Crippen LogP contribution in [0.1, 0.15) is 42.2 Å². The highest BCUT2D eigenvalue weighted by Crippen LogP contribution is 2.38. The Labute approximate surface area is 174 Å². The number of nitrogens with one attached hydrogen (secondary N) is 2. The fourth-order valence-electron chi connectivity index (χ4n) is 3.06. The third kappa shape index (κ3) is 4.28. The van der Waals surface area contributed by atoms with E-state index in [0.717, 1.165) is 12.3 Å². The number of carbonyl (C=O) groups excluding carboxylic acids is 1. The minimum atomic E-state index is -3.72. The van der Waals surface area contributed by atoms with E-state index in [4.69, 9.17) is 15.9 Å². The summed E-state index contributed by atoms with van der Waals surface area (Å²) >= 11 is 0. The van der Waals surface area contributed by atoms with Gasteiger partial charge < -0.3 is 15.8 Å². The van der Waals surface area contributed by atoms with Gasteiger partial charge in [0.1, 0.15) is 27.8 Å². The maximum atomic E-state index is 13.0. The highest BCUT2D eigenvalue weighted by Gasteiger charge is 2.40. The van der Waals surface area contributed by atoms with Gasteiger partial charge in [0.15, 0.2) is 9.84 Å². The second kappa shape index (κ2) is 8.02. The van der Waals surface area contributed by atoms with Gasteiger partial charge >= 0.3 is 0 Å². The summed E-state index contributed by atoms with van der Waals surface area (Å²) in [6.45, 7) is 3.19. The molecular weight excluding hydrogens is 411 g/mol. The van der Waals surface area contributed by atoms with Crippen LogP contribution in [0.2, 0.25) is 0 Å². The second-order valence-electron chi connectivity index (χ2n) is 7.61. The monoisotopic (exact) mass is 434 g/mol. The molecule has 0 aliphatic carbocycles. The van der Waals surface area contributed by atoms with Crippen LogP contribution in [0, 0.1) is 11.2 Å². The van der Waals surface area contributed by atoms with Gasteiger partial charge in [-0.2, -0.15) is 0 Å². The third-order valence-corrected chi connectivity index (χ3v) is 7.85. The van der Waals surface area contributed by atoms with E-state index in [-0.39, 0.29) is 17.4 Å². The molecule has 8 nitrogen and oxygen atoms in total. The molecule has 0 bridgehead atoms. The van der Waals surface area contributed by atoms with Crippen LogP contribution in [0.25, 0.3) is 0 Å². The number of halogens is 1. The zero-order chi connectivity index (χ0) is 22.1. The van der Waals surface area contributed by atoms with Crippen LogP contribution in [0.4, 0.5) is 10.1 Å². The summed E-state index contributed by atoms with van der Waals surface area (Å²) in [6, 6.07) is 7.37. The molecule has 30 heavy (non-hydrogen) atoms. The average molecular weight is 434 g/mol. The quantitative estimate of drug-likeness (QED) is 0.472.